The molecule has 1 amide bonds. The zero-order chi connectivity index (χ0) is 17.2. The molecule has 8 heteroatoms. The van der Waals surface area contributed by atoms with Gasteiger partial charge in [0.1, 0.15) is 12.3 Å². The van der Waals surface area contributed by atoms with Crippen LogP contribution in [0.5, 0.6) is 5.75 Å². The smallest absolute Gasteiger partial charge is 0.406 e. The average Bonchev–Trinajstić information content (AvgIpc) is 2.43. The van der Waals surface area contributed by atoms with Crippen molar-refractivity contribution in [2.45, 2.75) is 13.1 Å². The summed E-state index contributed by atoms with van der Waals surface area (Å²) in [6.07, 6.45) is -4.45. The summed E-state index contributed by atoms with van der Waals surface area (Å²) in [5.74, 6) is -0.421. The van der Waals surface area contributed by atoms with Gasteiger partial charge in [0.15, 0.2) is 6.61 Å². The number of aromatic nitrogens is 1. The molecule has 1 aromatic carbocycles. The van der Waals surface area contributed by atoms with E-state index in [4.69, 9.17) is 16.3 Å². The minimum atomic E-state index is -4.45. The molecule has 0 aliphatic carbocycles. The van der Waals surface area contributed by atoms with E-state index >= 15 is 0 Å². The highest BCUT2D eigenvalue weighted by Crippen LogP contribution is 2.28. The van der Waals surface area contributed by atoms with E-state index in [9.17, 15) is 18.0 Å². The molecule has 0 radical (unpaired) electrons. The first-order chi connectivity index (χ1) is 10.7. The second-order valence-corrected chi connectivity index (χ2v) is 5.51. The van der Waals surface area contributed by atoms with Gasteiger partial charge in [-0.25, -0.2) is 0 Å². The van der Waals surface area contributed by atoms with E-state index in [1.54, 1.807) is 31.2 Å². The first-order valence-electron chi connectivity index (χ1n) is 6.66. The van der Waals surface area contributed by atoms with E-state index in [0.29, 0.717) is 32.3 Å². The zero-order valence-corrected chi connectivity index (χ0v) is 13.2. The second-order valence-electron chi connectivity index (χ2n) is 5.08. The van der Waals surface area contributed by atoms with Crippen LogP contribution in [0.3, 0.4) is 0 Å². The lowest BCUT2D eigenvalue weighted by Crippen LogP contribution is -2.38. The third kappa shape index (κ3) is 4.72. The number of carbonyl (C=O) groups excluding carboxylic acids is 1. The fourth-order valence-electron chi connectivity index (χ4n) is 2.02. The molecule has 1 aromatic heterocycles. The Hall–Kier alpha value is -2.02. The fourth-order valence-corrected chi connectivity index (χ4v) is 2.19. The van der Waals surface area contributed by atoms with Gasteiger partial charge in [-0.3, -0.25) is 9.78 Å². The third-order valence-corrected chi connectivity index (χ3v) is 3.29. The van der Waals surface area contributed by atoms with Crippen LogP contribution in [0.4, 0.5) is 13.2 Å². The van der Waals surface area contributed by atoms with Crippen LogP contribution in [0.15, 0.2) is 24.3 Å². The van der Waals surface area contributed by atoms with Gasteiger partial charge in [-0.15, -0.1) is 0 Å². The lowest BCUT2D eigenvalue weighted by Gasteiger charge is -2.19. The molecule has 0 N–H and O–H groups in total. The summed E-state index contributed by atoms with van der Waals surface area (Å²) < 4.78 is 42.2. The molecule has 0 bridgehead atoms. The number of nitrogens with zero attached hydrogens (tertiary/aromatic N) is 2. The number of aryl methyl sites for hydroxylation is 1. The van der Waals surface area contributed by atoms with Crippen LogP contribution in [0.2, 0.25) is 5.02 Å². The molecule has 0 aliphatic rings. The number of amides is 1. The summed E-state index contributed by atoms with van der Waals surface area (Å²) >= 11 is 5.93. The Morgan fingerprint density at radius 1 is 1.35 bits per heavy atom. The van der Waals surface area contributed by atoms with Crippen molar-refractivity contribution in [2.75, 3.05) is 20.2 Å². The van der Waals surface area contributed by atoms with Crippen molar-refractivity contribution in [2.24, 2.45) is 0 Å². The number of ether oxygens (including phenoxy) is 1. The van der Waals surface area contributed by atoms with Gasteiger partial charge in [-0.2, -0.15) is 13.2 Å². The number of fused-ring (bicyclic) bond motifs is 1. The highest BCUT2D eigenvalue weighted by atomic mass is 35.5. The van der Waals surface area contributed by atoms with Gasteiger partial charge in [-0.1, -0.05) is 11.6 Å². The Bertz CT molecular complexity index is 734. The summed E-state index contributed by atoms with van der Waals surface area (Å²) in [4.78, 5) is 16.6. The van der Waals surface area contributed by atoms with E-state index in [2.05, 4.69) is 4.98 Å². The van der Waals surface area contributed by atoms with Crippen molar-refractivity contribution < 1.29 is 22.7 Å². The van der Waals surface area contributed by atoms with Crippen molar-refractivity contribution in [3.05, 3.63) is 35.0 Å². The number of benzene rings is 1. The molecular weight excluding hydrogens is 333 g/mol. The summed E-state index contributed by atoms with van der Waals surface area (Å²) in [5, 5.41) is 1.06. The van der Waals surface area contributed by atoms with Crippen LogP contribution >= 0.6 is 11.6 Å². The lowest BCUT2D eigenvalue weighted by atomic mass is 10.2. The fraction of sp³-hybridized carbons (Fsp3) is 0.333. The molecule has 124 valence electrons. The molecule has 0 spiro atoms. The molecule has 0 aliphatic heterocycles. The van der Waals surface area contributed by atoms with Crippen LogP contribution in [-0.4, -0.2) is 42.2 Å². The third-order valence-electron chi connectivity index (χ3n) is 3.05. The first-order valence-corrected chi connectivity index (χ1v) is 7.04. The molecular formula is C15H14ClF3N2O2. The van der Waals surface area contributed by atoms with Crippen LogP contribution in [0.25, 0.3) is 10.9 Å². The van der Waals surface area contributed by atoms with Crippen LogP contribution in [0.1, 0.15) is 5.69 Å². The van der Waals surface area contributed by atoms with Crippen molar-refractivity contribution in [1.82, 2.24) is 9.88 Å². The van der Waals surface area contributed by atoms with Gasteiger partial charge < -0.3 is 9.64 Å². The summed E-state index contributed by atoms with van der Waals surface area (Å²) in [6, 6.07) is 6.61. The highest BCUT2D eigenvalue weighted by molar-refractivity contribution is 6.31. The van der Waals surface area contributed by atoms with E-state index in [-0.39, 0.29) is 0 Å². The Kier molecular flexibility index (Phi) is 4.99. The molecule has 1 heterocycles. The van der Waals surface area contributed by atoms with E-state index in [0.717, 1.165) is 7.05 Å². The topological polar surface area (TPSA) is 42.4 Å². The first kappa shape index (κ1) is 17.3. The monoisotopic (exact) mass is 346 g/mol. The quantitative estimate of drug-likeness (QED) is 0.849. The summed E-state index contributed by atoms with van der Waals surface area (Å²) in [7, 11) is 1.08. The van der Waals surface area contributed by atoms with E-state index in [1.165, 1.54) is 0 Å². The number of carbonyl (C=O) groups is 1. The maximum Gasteiger partial charge on any atom is 0.406 e. The number of pyridine rings is 1. The van der Waals surface area contributed by atoms with Crippen LogP contribution in [0, 0.1) is 6.92 Å². The Morgan fingerprint density at radius 3 is 2.70 bits per heavy atom. The normalized spacial score (nSPS) is 11.6. The number of hydrogen-bond acceptors (Lipinski definition) is 3. The van der Waals surface area contributed by atoms with Crippen LogP contribution in [-0.2, 0) is 4.79 Å². The van der Waals surface area contributed by atoms with Crippen molar-refractivity contribution in [1.29, 1.82) is 0 Å². The molecule has 4 nitrogen and oxygen atoms in total. The van der Waals surface area contributed by atoms with Crippen molar-refractivity contribution in [3.63, 3.8) is 0 Å². The Labute approximate surface area is 135 Å². The molecule has 2 aromatic rings. The largest absolute Gasteiger partial charge is 0.483 e. The predicted octanol–water partition coefficient (Wildman–Crippen LogP) is 3.60. The van der Waals surface area contributed by atoms with Gasteiger partial charge in [0.25, 0.3) is 5.91 Å². The Balaban J connectivity index is 2.16. The van der Waals surface area contributed by atoms with Crippen molar-refractivity contribution in [3.8, 4) is 5.75 Å². The number of alkyl halides is 3. The Morgan fingerprint density at radius 2 is 2.04 bits per heavy atom. The molecule has 0 fully saturated rings. The standard InChI is InChI=1S/C15H14ClF3N2O2/c1-9-5-13(11-6-10(16)3-4-12(11)20-9)23-7-14(22)21(2)8-15(17,18)19/h3-6H,7-8H2,1-2H3. The van der Waals surface area contributed by atoms with E-state index < -0.39 is 25.2 Å². The second kappa shape index (κ2) is 6.62. The minimum absolute atomic E-state index is 0.351. The molecule has 23 heavy (non-hydrogen) atoms. The summed E-state index contributed by atoms with van der Waals surface area (Å²) in [5.41, 5.74) is 1.28. The minimum Gasteiger partial charge on any atom is -0.483 e. The molecule has 2 rings (SSSR count). The molecule has 0 unspecified atom stereocenters. The number of rotatable bonds is 4. The molecule has 0 atom stereocenters. The highest BCUT2D eigenvalue weighted by Gasteiger charge is 2.31. The summed E-state index contributed by atoms with van der Waals surface area (Å²) in [6.45, 7) is -0.0761. The average molecular weight is 347 g/mol. The van der Waals surface area contributed by atoms with E-state index in [1.807, 2.05) is 0 Å². The number of likely N-dealkylation sites (N-methyl/N-ethyl adjacent to an activating group) is 1. The molecule has 0 saturated heterocycles. The lowest BCUT2D eigenvalue weighted by molar-refractivity contribution is -0.159. The zero-order valence-electron chi connectivity index (χ0n) is 12.4. The maximum absolute atomic E-state index is 12.3. The SMILES string of the molecule is Cc1cc(OCC(=O)N(C)CC(F)(F)F)c2cc(Cl)ccc2n1. The van der Waals surface area contributed by atoms with Gasteiger partial charge in [0.2, 0.25) is 0 Å². The van der Waals surface area contributed by atoms with Gasteiger partial charge in [0.05, 0.1) is 5.52 Å². The van der Waals surface area contributed by atoms with Gasteiger partial charge >= 0.3 is 6.18 Å². The van der Waals surface area contributed by atoms with Crippen molar-refractivity contribution >= 4 is 28.4 Å². The van der Waals surface area contributed by atoms with Gasteiger partial charge in [-0.05, 0) is 25.1 Å². The maximum atomic E-state index is 12.3. The number of halogens is 4. The van der Waals surface area contributed by atoms with Gasteiger partial charge in [0, 0.05) is 29.2 Å². The predicted molar refractivity (Wildman–Crippen MR) is 80.7 cm³/mol. The molecule has 0 saturated carbocycles. The van der Waals surface area contributed by atoms with Crippen LogP contribution < -0.4 is 4.74 Å². The number of hydrogen-bond donors (Lipinski definition) is 0.